The summed E-state index contributed by atoms with van der Waals surface area (Å²) in [5, 5.41) is 0.750. The second-order valence-electron chi connectivity index (χ2n) is 5.11. The normalized spacial score (nSPS) is 11.5. The molecule has 0 atom stereocenters. The fourth-order valence-corrected chi connectivity index (χ4v) is 4.38. The van der Waals surface area contributed by atoms with Crippen LogP contribution in [-0.4, -0.2) is 17.6 Å². The maximum Gasteiger partial charge on any atom is 0.573 e. The minimum Gasteiger partial charge on any atom is -0.405 e. The molecule has 3 aromatic rings. The maximum atomic E-state index is 12.6. The van der Waals surface area contributed by atoms with Crippen molar-refractivity contribution in [3.8, 4) is 26.1 Å². The van der Waals surface area contributed by atoms with Crippen LogP contribution in [0.1, 0.15) is 10.6 Å². The molecule has 3 rings (SSSR count). The lowest BCUT2D eigenvalue weighted by Gasteiger charge is -2.12. The van der Waals surface area contributed by atoms with Gasteiger partial charge in [0.2, 0.25) is 0 Å². The van der Waals surface area contributed by atoms with Gasteiger partial charge in [0.05, 0.1) is 10.6 Å². The van der Waals surface area contributed by atoms with E-state index in [2.05, 4.69) is 9.72 Å². The molecule has 2 heterocycles. The summed E-state index contributed by atoms with van der Waals surface area (Å²) in [6, 6.07) is 9.59. The van der Waals surface area contributed by atoms with Crippen LogP contribution in [0, 0.1) is 6.92 Å². The lowest BCUT2D eigenvalue weighted by molar-refractivity contribution is -0.274. The van der Waals surface area contributed by atoms with Crippen molar-refractivity contribution in [1.29, 1.82) is 0 Å². The van der Waals surface area contributed by atoms with Crippen molar-refractivity contribution in [2.75, 3.05) is 0 Å². The smallest absolute Gasteiger partial charge is 0.405 e. The predicted octanol–water partition coefficient (Wildman–Crippen LogP) is 5.49. The number of ether oxygens (including phenoxy) is 1. The van der Waals surface area contributed by atoms with Gasteiger partial charge in [-0.3, -0.25) is 0 Å². The molecule has 0 radical (unpaired) electrons. The summed E-state index contributed by atoms with van der Waals surface area (Å²) in [7, 11) is 0. The predicted molar refractivity (Wildman–Crippen MR) is 92.1 cm³/mol. The van der Waals surface area contributed by atoms with E-state index < -0.39 is 6.36 Å². The number of hydrogen-bond donors (Lipinski definition) is 0. The zero-order valence-corrected chi connectivity index (χ0v) is 14.6. The first-order chi connectivity index (χ1) is 11.9. The molecule has 2 aromatic heterocycles. The van der Waals surface area contributed by atoms with Gasteiger partial charge in [-0.2, -0.15) is 0 Å². The standard InChI is InChI=1S/C17H12F3NO2S2/c1-10-13(8-9-22)25-16(21-10)15-7-6-14(24-15)11-4-2-3-5-12(11)23-17(18,19)20/h2-7,9H,8H2,1H3. The summed E-state index contributed by atoms with van der Waals surface area (Å²) in [4.78, 5) is 17.5. The quantitative estimate of drug-likeness (QED) is 0.547. The average molecular weight is 383 g/mol. The molecule has 0 aliphatic heterocycles. The average Bonchev–Trinajstić information content (AvgIpc) is 3.14. The number of halogens is 3. The van der Waals surface area contributed by atoms with Crippen LogP contribution in [0.4, 0.5) is 13.2 Å². The number of benzene rings is 1. The number of aryl methyl sites for hydroxylation is 1. The van der Waals surface area contributed by atoms with Gasteiger partial charge < -0.3 is 9.53 Å². The third-order valence-corrected chi connectivity index (χ3v) is 5.82. The zero-order valence-electron chi connectivity index (χ0n) is 13.0. The molecule has 1 aromatic carbocycles. The van der Waals surface area contributed by atoms with Crippen LogP contribution in [0.25, 0.3) is 20.3 Å². The molecule has 8 heteroatoms. The fourth-order valence-electron chi connectivity index (χ4n) is 2.28. The molecular formula is C17H12F3NO2S2. The van der Waals surface area contributed by atoms with E-state index in [4.69, 9.17) is 0 Å². The first-order valence-electron chi connectivity index (χ1n) is 7.22. The number of carbonyl (C=O) groups excluding carboxylic acids is 1. The van der Waals surface area contributed by atoms with Gasteiger partial charge in [-0.15, -0.1) is 35.8 Å². The van der Waals surface area contributed by atoms with Gasteiger partial charge in [-0.25, -0.2) is 4.98 Å². The van der Waals surface area contributed by atoms with Crippen LogP contribution in [0.3, 0.4) is 0 Å². The highest BCUT2D eigenvalue weighted by atomic mass is 32.1. The highest BCUT2D eigenvalue weighted by Crippen LogP contribution is 2.41. The number of thiazole rings is 1. The number of carbonyl (C=O) groups is 1. The van der Waals surface area contributed by atoms with Gasteiger partial charge in [0, 0.05) is 21.7 Å². The van der Waals surface area contributed by atoms with E-state index in [1.165, 1.54) is 34.8 Å². The summed E-state index contributed by atoms with van der Waals surface area (Å²) in [6.07, 6.45) is -3.61. The number of thiophene rings is 1. The van der Waals surface area contributed by atoms with Crippen LogP contribution in [0.15, 0.2) is 36.4 Å². The van der Waals surface area contributed by atoms with Gasteiger partial charge >= 0.3 is 6.36 Å². The molecule has 0 fully saturated rings. The van der Waals surface area contributed by atoms with Crippen molar-refractivity contribution in [1.82, 2.24) is 4.98 Å². The molecule has 3 nitrogen and oxygen atoms in total. The molecule has 0 aliphatic carbocycles. The highest BCUT2D eigenvalue weighted by Gasteiger charge is 2.32. The molecule has 130 valence electrons. The van der Waals surface area contributed by atoms with Crippen LogP contribution >= 0.6 is 22.7 Å². The van der Waals surface area contributed by atoms with Crippen molar-refractivity contribution < 1.29 is 22.7 Å². The molecule has 0 unspecified atom stereocenters. The molecule has 0 aliphatic rings. The summed E-state index contributed by atoms with van der Waals surface area (Å²) >= 11 is 2.75. The summed E-state index contributed by atoms with van der Waals surface area (Å²) < 4.78 is 41.8. The van der Waals surface area contributed by atoms with E-state index in [1.807, 2.05) is 13.0 Å². The summed E-state index contributed by atoms with van der Waals surface area (Å²) in [5.41, 5.74) is 1.17. The first kappa shape index (κ1) is 17.6. The zero-order chi connectivity index (χ0) is 18.0. The molecule has 0 amide bonds. The largest absolute Gasteiger partial charge is 0.573 e. The van der Waals surface area contributed by atoms with Gasteiger partial charge in [-0.05, 0) is 31.2 Å². The van der Waals surface area contributed by atoms with Crippen molar-refractivity contribution in [3.05, 3.63) is 47.0 Å². The maximum absolute atomic E-state index is 12.6. The molecular weight excluding hydrogens is 371 g/mol. The van der Waals surface area contributed by atoms with Crippen LogP contribution in [-0.2, 0) is 11.2 Å². The van der Waals surface area contributed by atoms with E-state index in [9.17, 15) is 18.0 Å². The van der Waals surface area contributed by atoms with Gasteiger partial charge in [-0.1, -0.05) is 12.1 Å². The Morgan fingerprint density at radius 3 is 2.56 bits per heavy atom. The number of para-hydroxylation sites is 1. The number of nitrogens with zero attached hydrogens (tertiary/aromatic N) is 1. The van der Waals surface area contributed by atoms with Crippen LogP contribution < -0.4 is 4.74 Å². The number of aromatic nitrogens is 1. The van der Waals surface area contributed by atoms with Crippen LogP contribution in [0.2, 0.25) is 0 Å². The molecule has 0 saturated heterocycles. The van der Waals surface area contributed by atoms with E-state index in [0.29, 0.717) is 16.9 Å². The molecule has 0 bridgehead atoms. The first-order valence-corrected chi connectivity index (χ1v) is 8.86. The van der Waals surface area contributed by atoms with E-state index in [0.717, 1.165) is 26.7 Å². The Bertz CT molecular complexity index is 899. The fraction of sp³-hybridized carbons (Fsp3) is 0.176. The Balaban J connectivity index is 1.95. The van der Waals surface area contributed by atoms with Crippen molar-refractivity contribution in [2.24, 2.45) is 0 Å². The van der Waals surface area contributed by atoms with Gasteiger partial charge in [0.15, 0.2) is 0 Å². The van der Waals surface area contributed by atoms with E-state index >= 15 is 0 Å². The second kappa shape index (κ2) is 6.97. The molecule has 0 N–H and O–H groups in total. The monoisotopic (exact) mass is 383 g/mol. The molecule has 0 spiro atoms. The Labute approximate surface area is 149 Å². The minimum atomic E-state index is -4.74. The van der Waals surface area contributed by atoms with Crippen molar-refractivity contribution in [2.45, 2.75) is 19.7 Å². The lowest BCUT2D eigenvalue weighted by Crippen LogP contribution is -2.17. The Kier molecular flexibility index (Phi) is 4.91. The SMILES string of the molecule is Cc1nc(-c2ccc(-c3ccccc3OC(F)(F)F)s2)sc1CC=O. The third kappa shape index (κ3) is 4.08. The number of rotatable bonds is 5. The lowest BCUT2D eigenvalue weighted by atomic mass is 10.1. The summed E-state index contributed by atoms with van der Waals surface area (Å²) in [6.45, 7) is 1.83. The minimum absolute atomic E-state index is 0.236. The number of alkyl halides is 3. The number of hydrogen-bond acceptors (Lipinski definition) is 5. The van der Waals surface area contributed by atoms with E-state index in [-0.39, 0.29) is 5.75 Å². The molecule has 0 saturated carbocycles. The Hall–Kier alpha value is -2.19. The molecule has 25 heavy (non-hydrogen) atoms. The second-order valence-corrected chi connectivity index (χ2v) is 7.27. The van der Waals surface area contributed by atoms with Gasteiger partial charge in [0.25, 0.3) is 0 Å². The van der Waals surface area contributed by atoms with E-state index in [1.54, 1.807) is 18.2 Å². The topological polar surface area (TPSA) is 39.2 Å². The van der Waals surface area contributed by atoms with Crippen molar-refractivity contribution in [3.63, 3.8) is 0 Å². The highest BCUT2D eigenvalue weighted by molar-refractivity contribution is 7.23. The Morgan fingerprint density at radius 2 is 1.84 bits per heavy atom. The van der Waals surface area contributed by atoms with Crippen LogP contribution in [0.5, 0.6) is 5.75 Å². The summed E-state index contributed by atoms with van der Waals surface area (Å²) in [5.74, 6) is -0.236. The Morgan fingerprint density at radius 1 is 1.12 bits per heavy atom. The van der Waals surface area contributed by atoms with Crippen molar-refractivity contribution >= 4 is 29.0 Å². The third-order valence-electron chi connectivity index (χ3n) is 3.36. The van der Waals surface area contributed by atoms with Gasteiger partial charge in [0.1, 0.15) is 17.0 Å². The number of aldehydes is 1.